The van der Waals surface area contributed by atoms with Crippen molar-refractivity contribution < 1.29 is 45.4 Å². The molecule has 0 spiro atoms. The minimum atomic E-state index is -5.04. The van der Waals surface area contributed by atoms with Crippen LogP contribution in [0, 0.1) is 0 Å². The Hall–Kier alpha value is -3.04. The summed E-state index contributed by atoms with van der Waals surface area (Å²) >= 11 is 0. The van der Waals surface area contributed by atoms with E-state index in [0.29, 0.717) is 12.1 Å². The maximum absolute atomic E-state index is 13.5. The van der Waals surface area contributed by atoms with Crippen LogP contribution in [0.15, 0.2) is 36.4 Å². The summed E-state index contributed by atoms with van der Waals surface area (Å²) in [6, 6.07) is 4.30. The van der Waals surface area contributed by atoms with Crippen LogP contribution in [-0.4, -0.2) is 25.2 Å². The van der Waals surface area contributed by atoms with Crippen molar-refractivity contribution >= 4 is 11.9 Å². The maximum Gasteiger partial charge on any atom is 0.417 e. The predicted molar refractivity (Wildman–Crippen MR) is 82.4 cm³/mol. The van der Waals surface area contributed by atoms with E-state index in [0.717, 1.165) is 24.3 Å². The first-order valence-electron chi connectivity index (χ1n) is 7.75. The third kappa shape index (κ3) is 3.80. The zero-order chi connectivity index (χ0) is 20.7. The van der Waals surface area contributed by atoms with Crippen LogP contribution in [0.5, 0.6) is 0 Å². The van der Waals surface area contributed by atoms with E-state index >= 15 is 0 Å². The Balaban J connectivity index is 2.34. The van der Waals surface area contributed by atoms with E-state index in [-0.39, 0.29) is 0 Å². The minimum absolute atomic E-state index is 0.434. The van der Waals surface area contributed by atoms with Gasteiger partial charge in [0.15, 0.2) is 0 Å². The van der Waals surface area contributed by atoms with E-state index in [1.54, 1.807) is 0 Å². The summed E-state index contributed by atoms with van der Waals surface area (Å²) in [6.07, 6.45) is -10.1. The lowest BCUT2D eigenvalue weighted by atomic mass is 9.92. The fourth-order valence-corrected chi connectivity index (χ4v) is 2.72. The summed E-state index contributed by atoms with van der Waals surface area (Å²) in [7, 11) is 0. The van der Waals surface area contributed by atoms with Gasteiger partial charge in [-0.2, -0.15) is 26.3 Å². The lowest BCUT2D eigenvalue weighted by Gasteiger charge is -2.19. The molecule has 0 aliphatic carbocycles. The minimum Gasteiger partial charge on any atom is -0.458 e. The van der Waals surface area contributed by atoms with Gasteiger partial charge in [-0.15, -0.1) is 0 Å². The third-order valence-electron chi connectivity index (χ3n) is 3.96. The Kier molecular flexibility index (Phi) is 4.82. The number of rotatable bonds is 0. The molecule has 0 aromatic heterocycles. The molecule has 3 heterocycles. The van der Waals surface area contributed by atoms with Crippen molar-refractivity contribution in [1.29, 1.82) is 0 Å². The molecule has 5 rings (SSSR count). The molecule has 148 valence electrons. The molecule has 0 atom stereocenters. The van der Waals surface area contributed by atoms with Gasteiger partial charge in [0.05, 0.1) is 22.3 Å². The lowest BCUT2D eigenvalue weighted by molar-refractivity contribution is -0.139. The first-order chi connectivity index (χ1) is 13.0. The van der Waals surface area contributed by atoms with Crippen LogP contribution in [0.3, 0.4) is 0 Å². The molecule has 2 aromatic carbocycles. The average Bonchev–Trinajstić information content (AvgIpc) is 2.62. The molecule has 0 fully saturated rings. The van der Waals surface area contributed by atoms with Crippen molar-refractivity contribution in [2.45, 2.75) is 12.4 Å². The number of carbonyl (C=O) groups excluding carboxylic acids is 2. The number of esters is 2. The molecule has 0 saturated heterocycles. The summed E-state index contributed by atoms with van der Waals surface area (Å²) in [6.45, 7) is -0.949. The molecule has 3 aliphatic rings. The second-order valence-electron chi connectivity index (χ2n) is 5.79. The van der Waals surface area contributed by atoms with Crippen molar-refractivity contribution in [2.24, 2.45) is 0 Å². The molecular formula is C18H10F6O4. The number of hydrogen-bond acceptors (Lipinski definition) is 4. The standard InChI is InChI=1S/C18H10F6O4/c19-17(20,21)13-7-9-1-3-11(13)12-4-2-10(8-14(12)18(22,23)24)16(26)28-6-5-27-15(9)25/h1-4,7-8H,5-6H2. The van der Waals surface area contributed by atoms with Crippen LogP contribution in [0.2, 0.25) is 0 Å². The van der Waals surface area contributed by atoms with E-state index < -0.39 is 70.9 Å². The number of benzene rings is 2. The monoisotopic (exact) mass is 404 g/mol. The largest absolute Gasteiger partial charge is 0.458 e. The zero-order valence-electron chi connectivity index (χ0n) is 13.8. The van der Waals surface area contributed by atoms with Crippen molar-refractivity contribution in [2.75, 3.05) is 13.2 Å². The normalized spacial score (nSPS) is 15.2. The van der Waals surface area contributed by atoms with Gasteiger partial charge in [0.25, 0.3) is 0 Å². The molecule has 0 saturated carbocycles. The van der Waals surface area contributed by atoms with Gasteiger partial charge in [0, 0.05) is 0 Å². The van der Waals surface area contributed by atoms with Crippen LogP contribution < -0.4 is 0 Å². The van der Waals surface area contributed by atoms with Crippen LogP contribution in [-0.2, 0) is 21.8 Å². The lowest BCUT2D eigenvalue weighted by Crippen LogP contribution is -2.18. The second-order valence-corrected chi connectivity index (χ2v) is 5.79. The molecule has 3 aliphatic heterocycles. The molecular weight excluding hydrogens is 394 g/mol. The first kappa shape index (κ1) is 19.7. The van der Waals surface area contributed by atoms with Crippen LogP contribution in [0.25, 0.3) is 11.1 Å². The highest BCUT2D eigenvalue weighted by Gasteiger charge is 2.39. The number of halogens is 6. The van der Waals surface area contributed by atoms with Gasteiger partial charge in [-0.05, 0) is 35.4 Å². The molecule has 28 heavy (non-hydrogen) atoms. The summed E-state index contributed by atoms with van der Waals surface area (Å²) in [5.41, 5.74) is -5.42. The summed E-state index contributed by atoms with van der Waals surface area (Å²) < 4.78 is 90.5. The fourth-order valence-electron chi connectivity index (χ4n) is 2.72. The van der Waals surface area contributed by atoms with Gasteiger partial charge in [-0.25, -0.2) is 9.59 Å². The molecule has 2 aromatic rings. The number of ether oxygens (including phenoxy) is 2. The molecule has 0 amide bonds. The first-order valence-corrected chi connectivity index (χ1v) is 7.75. The van der Waals surface area contributed by atoms with Gasteiger partial charge in [0.1, 0.15) is 13.2 Å². The maximum atomic E-state index is 13.5. The van der Waals surface area contributed by atoms with Crippen LogP contribution in [0.4, 0.5) is 26.3 Å². The fraction of sp³-hybridized carbons (Fsp3) is 0.222. The SMILES string of the molecule is O=C1OCCOC(=O)c2ccc(c(C(F)(F)F)c2)-c2ccc1cc2C(F)(F)F. The van der Waals surface area contributed by atoms with Gasteiger partial charge < -0.3 is 9.47 Å². The smallest absolute Gasteiger partial charge is 0.417 e. The van der Waals surface area contributed by atoms with Crippen molar-refractivity contribution in [3.63, 3.8) is 0 Å². The highest BCUT2D eigenvalue weighted by Crippen LogP contribution is 2.43. The number of alkyl halides is 6. The van der Waals surface area contributed by atoms with Gasteiger partial charge >= 0.3 is 24.3 Å². The predicted octanol–water partition coefficient (Wildman–Crippen LogP) is 4.72. The molecule has 0 radical (unpaired) electrons. The Morgan fingerprint density at radius 3 is 1.32 bits per heavy atom. The molecule has 4 nitrogen and oxygen atoms in total. The third-order valence-corrected chi connectivity index (χ3v) is 3.96. The van der Waals surface area contributed by atoms with Crippen LogP contribution in [0.1, 0.15) is 31.8 Å². The van der Waals surface area contributed by atoms with E-state index in [2.05, 4.69) is 0 Å². The van der Waals surface area contributed by atoms with Gasteiger partial charge in [-0.3, -0.25) is 0 Å². The molecule has 10 heteroatoms. The quantitative estimate of drug-likeness (QED) is 0.471. The zero-order valence-corrected chi connectivity index (χ0v) is 13.8. The Morgan fingerprint density at radius 2 is 1.00 bits per heavy atom. The van der Waals surface area contributed by atoms with E-state index in [4.69, 9.17) is 9.47 Å². The summed E-state index contributed by atoms with van der Waals surface area (Å²) in [5.74, 6) is -2.26. The highest BCUT2D eigenvalue weighted by atomic mass is 19.4. The van der Waals surface area contributed by atoms with Crippen LogP contribution >= 0.6 is 0 Å². The molecule has 4 bridgehead atoms. The number of fused-ring (bicyclic) bond motifs is 2. The van der Waals surface area contributed by atoms with Gasteiger partial charge in [0.2, 0.25) is 0 Å². The number of carbonyl (C=O) groups is 2. The number of hydrogen-bond donors (Lipinski definition) is 0. The summed E-state index contributed by atoms with van der Waals surface area (Å²) in [5, 5.41) is 0. The summed E-state index contributed by atoms with van der Waals surface area (Å²) in [4.78, 5) is 23.8. The average molecular weight is 404 g/mol. The topological polar surface area (TPSA) is 52.6 Å². The van der Waals surface area contributed by atoms with Crippen molar-refractivity contribution in [3.05, 3.63) is 58.7 Å². The second kappa shape index (κ2) is 6.84. The Bertz CT molecular complexity index is 869. The Labute approximate surface area is 153 Å². The van der Waals surface area contributed by atoms with E-state index in [1.165, 1.54) is 0 Å². The molecule has 0 unspecified atom stereocenters. The molecule has 0 N–H and O–H groups in total. The highest BCUT2D eigenvalue weighted by molar-refractivity contribution is 5.93. The van der Waals surface area contributed by atoms with Gasteiger partial charge in [-0.1, -0.05) is 12.1 Å². The van der Waals surface area contributed by atoms with Crippen molar-refractivity contribution in [3.8, 4) is 11.1 Å². The van der Waals surface area contributed by atoms with E-state index in [1.807, 2.05) is 0 Å². The van der Waals surface area contributed by atoms with E-state index in [9.17, 15) is 35.9 Å². The Morgan fingerprint density at radius 1 is 0.643 bits per heavy atom. The van der Waals surface area contributed by atoms with Crippen molar-refractivity contribution in [1.82, 2.24) is 0 Å².